The molecule has 2 aromatic rings. The SMILES string of the molecule is COc1ccc(CNC(=S)N/N=C(/C)c2ccccc2F)cc1. The average Bonchev–Trinajstić information content (AvgIpc) is 2.58. The van der Waals surface area contributed by atoms with Gasteiger partial charge in [-0.05, 0) is 42.9 Å². The second kappa shape index (κ2) is 8.24. The predicted octanol–water partition coefficient (Wildman–Crippen LogP) is 3.22. The molecule has 0 atom stereocenters. The zero-order valence-electron chi connectivity index (χ0n) is 13.0. The van der Waals surface area contributed by atoms with Crippen molar-refractivity contribution in [3.8, 4) is 5.75 Å². The van der Waals surface area contributed by atoms with Crippen LogP contribution in [0.1, 0.15) is 18.1 Å². The lowest BCUT2D eigenvalue weighted by molar-refractivity contribution is 0.414. The highest BCUT2D eigenvalue weighted by Crippen LogP contribution is 2.11. The molecule has 2 rings (SSSR count). The van der Waals surface area contributed by atoms with Gasteiger partial charge in [0.1, 0.15) is 11.6 Å². The second-order valence-electron chi connectivity index (χ2n) is 4.82. The summed E-state index contributed by atoms with van der Waals surface area (Å²) in [4.78, 5) is 0. The number of nitrogens with one attached hydrogen (secondary N) is 2. The maximum Gasteiger partial charge on any atom is 0.187 e. The van der Waals surface area contributed by atoms with Crippen molar-refractivity contribution < 1.29 is 9.13 Å². The van der Waals surface area contributed by atoms with Crippen molar-refractivity contribution in [2.45, 2.75) is 13.5 Å². The number of hydrogen-bond donors (Lipinski definition) is 2. The smallest absolute Gasteiger partial charge is 0.187 e. The van der Waals surface area contributed by atoms with Crippen molar-refractivity contribution in [1.82, 2.24) is 10.7 Å². The first-order valence-electron chi connectivity index (χ1n) is 7.06. The fourth-order valence-corrected chi connectivity index (χ4v) is 2.03. The highest BCUT2D eigenvalue weighted by atomic mass is 32.1. The van der Waals surface area contributed by atoms with Gasteiger partial charge in [-0.3, -0.25) is 5.43 Å². The first kappa shape index (κ1) is 16.9. The zero-order valence-corrected chi connectivity index (χ0v) is 13.8. The second-order valence-corrected chi connectivity index (χ2v) is 5.23. The summed E-state index contributed by atoms with van der Waals surface area (Å²) in [6.45, 7) is 2.28. The van der Waals surface area contributed by atoms with E-state index in [1.807, 2.05) is 24.3 Å². The van der Waals surface area contributed by atoms with E-state index in [1.165, 1.54) is 6.07 Å². The Morgan fingerprint density at radius 1 is 1.17 bits per heavy atom. The monoisotopic (exact) mass is 331 g/mol. The number of halogens is 1. The molecule has 0 aliphatic heterocycles. The van der Waals surface area contributed by atoms with E-state index >= 15 is 0 Å². The van der Waals surface area contributed by atoms with Gasteiger partial charge in [0.15, 0.2) is 5.11 Å². The standard InChI is InChI=1S/C17H18FN3OS/c1-12(15-5-3-4-6-16(15)18)20-21-17(23)19-11-13-7-9-14(22-2)10-8-13/h3-10H,11H2,1-2H3,(H2,19,21,23)/b20-12-. The number of methoxy groups -OCH3 is 1. The molecule has 4 nitrogen and oxygen atoms in total. The normalized spacial score (nSPS) is 11.0. The van der Waals surface area contributed by atoms with E-state index in [-0.39, 0.29) is 5.82 Å². The van der Waals surface area contributed by atoms with Crippen LogP contribution in [0.4, 0.5) is 4.39 Å². The summed E-state index contributed by atoms with van der Waals surface area (Å²) >= 11 is 5.16. The fraction of sp³-hybridized carbons (Fsp3) is 0.176. The summed E-state index contributed by atoms with van der Waals surface area (Å²) in [7, 11) is 1.63. The van der Waals surface area contributed by atoms with E-state index in [0.29, 0.717) is 22.9 Å². The molecule has 0 saturated carbocycles. The van der Waals surface area contributed by atoms with Crippen LogP contribution in [0.25, 0.3) is 0 Å². The van der Waals surface area contributed by atoms with Crippen molar-refractivity contribution in [3.05, 3.63) is 65.5 Å². The molecule has 0 aromatic heterocycles. The van der Waals surface area contributed by atoms with Gasteiger partial charge in [0.25, 0.3) is 0 Å². The van der Waals surface area contributed by atoms with Gasteiger partial charge in [-0.15, -0.1) is 0 Å². The van der Waals surface area contributed by atoms with Crippen molar-refractivity contribution in [2.75, 3.05) is 7.11 Å². The molecule has 0 spiro atoms. The molecule has 0 aliphatic carbocycles. The molecule has 0 fully saturated rings. The van der Waals surface area contributed by atoms with Crippen molar-refractivity contribution >= 4 is 23.0 Å². The third-order valence-electron chi connectivity index (χ3n) is 3.20. The van der Waals surface area contributed by atoms with Gasteiger partial charge in [0, 0.05) is 12.1 Å². The first-order chi connectivity index (χ1) is 11.1. The number of rotatable bonds is 5. The Hall–Kier alpha value is -2.47. The van der Waals surface area contributed by atoms with Crippen LogP contribution < -0.4 is 15.5 Å². The summed E-state index contributed by atoms with van der Waals surface area (Å²) in [5.74, 6) is 0.493. The van der Waals surface area contributed by atoms with Gasteiger partial charge in [-0.2, -0.15) is 5.10 Å². The lowest BCUT2D eigenvalue weighted by atomic mass is 10.1. The van der Waals surface area contributed by atoms with E-state index in [0.717, 1.165) is 11.3 Å². The minimum Gasteiger partial charge on any atom is -0.497 e. The van der Waals surface area contributed by atoms with E-state index in [1.54, 1.807) is 32.2 Å². The summed E-state index contributed by atoms with van der Waals surface area (Å²) < 4.78 is 18.7. The van der Waals surface area contributed by atoms with E-state index in [9.17, 15) is 4.39 Å². The Morgan fingerprint density at radius 3 is 2.52 bits per heavy atom. The molecular formula is C17H18FN3OS. The van der Waals surface area contributed by atoms with Crippen molar-refractivity contribution in [3.63, 3.8) is 0 Å². The number of nitrogens with zero attached hydrogens (tertiary/aromatic N) is 1. The molecule has 0 amide bonds. The van der Waals surface area contributed by atoms with Gasteiger partial charge in [-0.1, -0.05) is 30.3 Å². The summed E-state index contributed by atoms with van der Waals surface area (Å²) in [6.07, 6.45) is 0. The largest absolute Gasteiger partial charge is 0.497 e. The number of benzene rings is 2. The van der Waals surface area contributed by atoms with Crippen LogP contribution >= 0.6 is 12.2 Å². The number of hydrogen-bond acceptors (Lipinski definition) is 3. The van der Waals surface area contributed by atoms with E-state index in [2.05, 4.69) is 15.8 Å². The molecule has 0 heterocycles. The van der Waals surface area contributed by atoms with Gasteiger partial charge < -0.3 is 10.1 Å². The summed E-state index contributed by atoms with van der Waals surface area (Å²) in [6, 6.07) is 14.1. The molecule has 0 saturated heterocycles. The lowest BCUT2D eigenvalue weighted by Gasteiger charge is -2.09. The minimum absolute atomic E-state index is 0.312. The molecule has 6 heteroatoms. The van der Waals surface area contributed by atoms with Gasteiger partial charge in [0.2, 0.25) is 0 Å². The predicted molar refractivity (Wildman–Crippen MR) is 94.2 cm³/mol. The van der Waals surface area contributed by atoms with Crippen LogP contribution in [0, 0.1) is 5.82 Å². The molecule has 2 aromatic carbocycles. The van der Waals surface area contributed by atoms with Gasteiger partial charge >= 0.3 is 0 Å². The van der Waals surface area contributed by atoms with Crippen LogP contribution in [0.5, 0.6) is 5.75 Å². The van der Waals surface area contributed by atoms with Gasteiger partial charge in [-0.25, -0.2) is 4.39 Å². The molecule has 0 bridgehead atoms. The molecule has 0 radical (unpaired) electrons. The molecule has 0 unspecified atom stereocenters. The Bertz CT molecular complexity index is 701. The van der Waals surface area contributed by atoms with Crippen LogP contribution in [-0.4, -0.2) is 17.9 Å². The Kier molecular flexibility index (Phi) is 6.05. The lowest BCUT2D eigenvalue weighted by Crippen LogP contribution is -2.32. The molecular weight excluding hydrogens is 313 g/mol. The Balaban J connectivity index is 1.87. The summed E-state index contributed by atoms with van der Waals surface area (Å²) in [5.41, 5.74) is 4.75. The fourth-order valence-electron chi connectivity index (χ4n) is 1.91. The first-order valence-corrected chi connectivity index (χ1v) is 7.47. The topological polar surface area (TPSA) is 45.6 Å². The molecule has 23 heavy (non-hydrogen) atoms. The maximum atomic E-state index is 13.6. The van der Waals surface area contributed by atoms with Crippen molar-refractivity contribution in [2.24, 2.45) is 5.10 Å². The average molecular weight is 331 g/mol. The van der Waals surface area contributed by atoms with E-state index < -0.39 is 0 Å². The quantitative estimate of drug-likeness (QED) is 0.502. The van der Waals surface area contributed by atoms with Gasteiger partial charge in [0.05, 0.1) is 12.8 Å². The van der Waals surface area contributed by atoms with Crippen LogP contribution in [-0.2, 0) is 6.54 Å². The molecule has 120 valence electrons. The van der Waals surface area contributed by atoms with Crippen LogP contribution in [0.2, 0.25) is 0 Å². The van der Waals surface area contributed by atoms with Crippen molar-refractivity contribution in [1.29, 1.82) is 0 Å². The zero-order chi connectivity index (χ0) is 16.7. The molecule has 2 N–H and O–H groups in total. The highest BCUT2D eigenvalue weighted by molar-refractivity contribution is 7.80. The van der Waals surface area contributed by atoms with Crippen LogP contribution in [0.15, 0.2) is 53.6 Å². The van der Waals surface area contributed by atoms with E-state index in [4.69, 9.17) is 17.0 Å². The number of hydrazone groups is 1. The number of ether oxygens (including phenoxy) is 1. The highest BCUT2D eigenvalue weighted by Gasteiger charge is 2.04. The minimum atomic E-state index is -0.312. The number of thiocarbonyl (C=S) groups is 1. The third kappa shape index (κ3) is 5.03. The maximum absolute atomic E-state index is 13.6. The third-order valence-corrected chi connectivity index (χ3v) is 3.44. The Labute approximate surface area is 140 Å². The Morgan fingerprint density at radius 2 is 1.87 bits per heavy atom. The molecule has 0 aliphatic rings. The summed E-state index contributed by atoms with van der Waals surface area (Å²) in [5, 5.41) is 7.51. The van der Waals surface area contributed by atoms with Crippen LogP contribution in [0.3, 0.4) is 0 Å².